The number of phenolic OH excluding ortho intramolecular Hbond substituents is 3. The van der Waals surface area contributed by atoms with Gasteiger partial charge < -0.3 is 64.6 Å². The van der Waals surface area contributed by atoms with Crippen LogP contribution in [0.15, 0.2) is 45.6 Å². The molecule has 14 heteroatoms. The quantitative estimate of drug-likeness (QED) is 0.164. The maximum absolute atomic E-state index is 12.8. The molecule has 0 bridgehead atoms. The first-order valence-electron chi connectivity index (χ1n) is 12.7. The Morgan fingerprint density at radius 2 is 1.54 bits per heavy atom. The lowest BCUT2D eigenvalue weighted by Crippen LogP contribution is -2.62. The van der Waals surface area contributed by atoms with Crippen LogP contribution in [0.3, 0.4) is 0 Å². The van der Waals surface area contributed by atoms with Gasteiger partial charge in [0.2, 0.25) is 0 Å². The van der Waals surface area contributed by atoms with Gasteiger partial charge in [-0.25, -0.2) is 0 Å². The molecule has 0 spiro atoms. The number of aliphatic hydroxyl groups is 6. The number of hydrogen-bond acceptors (Lipinski definition) is 14. The zero-order valence-electron chi connectivity index (χ0n) is 21.5. The van der Waals surface area contributed by atoms with Crippen LogP contribution in [0.2, 0.25) is 0 Å². The van der Waals surface area contributed by atoms with Gasteiger partial charge >= 0.3 is 0 Å². The molecule has 5 rings (SSSR count). The van der Waals surface area contributed by atoms with Crippen LogP contribution in [0, 0.1) is 0 Å². The van der Waals surface area contributed by atoms with Crippen molar-refractivity contribution < 1.29 is 64.6 Å². The zero-order valence-corrected chi connectivity index (χ0v) is 21.5. The fourth-order valence-electron chi connectivity index (χ4n) is 5.08. The number of hydrogen-bond donors (Lipinski definition) is 9. The zero-order chi connectivity index (χ0) is 29.7. The summed E-state index contributed by atoms with van der Waals surface area (Å²) in [7, 11) is 0. The summed E-state index contributed by atoms with van der Waals surface area (Å²) < 4.78 is 22.6. The van der Waals surface area contributed by atoms with Crippen molar-refractivity contribution in [2.24, 2.45) is 0 Å². The van der Waals surface area contributed by atoms with Gasteiger partial charge in [0.05, 0.1) is 12.7 Å². The highest BCUT2D eigenvalue weighted by Crippen LogP contribution is 2.39. The van der Waals surface area contributed by atoms with Crippen LogP contribution in [-0.4, -0.2) is 108 Å². The van der Waals surface area contributed by atoms with Gasteiger partial charge in [-0.1, -0.05) is 0 Å². The fourth-order valence-corrected chi connectivity index (χ4v) is 5.08. The van der Waals surface area contributed by atoms with Crippen molar-refractivity contribution >= 4 is 11.0 Å². The van der Waals surface area contributed by atoms with Gasteiger partial charge in [0, 0.05) is 11.6 Å². The third kappa shape index (κ3) is 5.25. The SMILES string of the molecule is C[C@@H]1O[C@@H](O[C@H]2[C@H](O)[C@@H](O)[C@H](c3cc(O)c4c(=O)cc(-c5ccc(O)c(O)c5)oc4c3)O[C@@H]2CO)[C@H](O)[C@H](O)[C@H]1O. The van der Waals surface area contributed by atoms with Gasteiger partial charge in [-0.15, -0.1) is 0 Å². The van der Waals surface area contributed by atoms with Crippen molar-refractivity contribution in [2.45, 2.75) is 68.1 Å². The van der Waals surface area contributed by atoms with Crippen molar-refractivity contribution in [3.8, 4) is 28.6 Å². The highest BCUT2D eigenvalue weighted by molar-refractivity contribution is 5.85. The highest BCUT2D eigenvalue weighted by atomic mass is 16.7. The summed E-state index contributed by atoms with van der Waals surface area (Å²) in [4.78, 5) is 12.8. The Hall–Kier alpha value is -3.31. The van der Waals surface area contributed by atoms with Crippen LogP contribution >= 0.6 is 0 Å². The molecule has 0 aliphatic carbocycles. The summed E-state index contributed by atoms with van der Waals surface area (Å²) in [5, 5.41) is 92.0. The molecule has 0 saturated carbocycles. The molecule has 3 heterocycles. The molecule has 2 aliphatic rings. The predicted molar refractivity (Wildman–Crippen MR) is 137 cm³/mol. The van der Waals surface area contributed by atoms with E-state index >= 15 is 0 Å². The molecule has 9 N–H and O–H groups in total. The third-order valence-corrected chi connectivity index (χ3v) is 7.38. The van der Waals surface area contributed by atoms with Crippen LogP contribution in [0.5, 0.6) is 17.2 Å². The molecule has 222 valence electrons. The number of phenols is 3. The molecule has 10 atom stereocenters. The average molecular weight is 579 g/mol. The highest BCUT2D eigenvalue weighted by Gasteiger charge is 2.50. The van der Waals surface area contributed by atoms with E-state index in [9.17, 15) is 50.8 Å². The maximum atomic E-state index is 12.8. The van der Waals surface area contributed by atoms with Crippen molar-refractivity contribution in [1.82, 2.24) is 0 Å². The van der Waals surface area contributed by atoms with E-state index in [-0.39, 0.29) is 33.6 Å². The van der Waals surface area contributed by atoms with Gasteiger partial charge in [-0.05, 0) is 42.8 Å². The number of fused-ring (bicyclic) bond motifs is 1. The standard InChI is InChI=1S/C27H30O14/c1-9-20(33)21(34)24(37)27(38-9)41-26-18(8-28)40-25(22(35)23(26)36)11-5-14(31)19-15(32)7-16(39-17(19)6-11)10-2-3-12(29)13(30)4-10/h2-7,9,18,20-31,33-37H,8H2,1H3/t9-,18+,20-,21+,22+,23+,24+,25-,26+,27-/m0/s1. The summed E-state index contributed by atoms with van der Waals surface area (Å²) in [6.45, 7) is 0.705. The van der Waals surface area contributed by atoms with Crippen LogP contribution in [-0.2, 0) is 14.2 Å². The van der Waals surface area contributed by atoms with E-state index in [2.05, 4.69) is 0 Å². The molecule has 0 radical (unpaired) electrons. The number of benzene rings is 2. The second-order valence-corrected chi connectivity index (χ2v) is 10.1. The van der Waals surface area contributed by atoms with Gasteiger partial charge in [-0.3, -0.25) is 4.79 Å². The smallest absolute Gasteiger partial charge is 0.197 e. The molecular formula is C27H30O14. The number of aromatic hydroxyl groups is 3. The van der Waals surface area contributed by atoms with Gasteiger partial charge in [0.15, 0.2) is 23.2 Å². The van der Waals surface area contributed by atoms with Gasteiger partial charge in [0.25, 0.3) is 0 Å². The summed E-state index contributed by atoms with van der Waals surface area (Å²) in [6.07, 6.45) is -14.8. The lowest BCUT2D eigenvalue weighted by molar-refractivity contribution is -0.338. The average Bonchev–Trinajstić information content (AvgIpc) is 2.94. The van der Waals surface area contributed by atoms with Gasteiger partial charge in [0.1, 0.15) is 71.3 Å². The topological polar surface area (TPSA) is 240 Å². The monoisotopic (exact) mass is 578 g/mol. The Labute approximate surface area is 231 Å². The van der Waals surface area contributed by atoms with Crippen LogP contribution < -0.4 is 5.43 Å². The lowest BCUT2D eigenvalue weighted by Gasteiger charge is -2.46. The minimum Gasteiger partial charge on any atom is -0.507 e. The second-order valence-electron chi connectivity index (χ2n) is 10.1. The van der Waals surface area contributed by atoms with E-state index < -0.39 is 84.8 Å². The van der Waals surface area contributed by atoms with E-state index in [1.54, 1.807) is 0 Å². The first-order chi connectivity index (χ1) is 19.4. The number of aliphatic hydroxyl groups excluding tert-OH is 6. The minimum absolute atomic E-state index is 0.00577. The summed E-state index contributed by atoms with van der Waals surface area (Å²) in [6, 6.07) is 7.29. The summed E-state index contributed by atoms with van der Waals surface area (Å²) >= 11 is 0. The number of ether oxygens (including phenoxy) is 3. The first kappa shape index (κ1) is 29.2. The molecular weight excluding hydrogens is 548 g/mol. The normalized spacial score (nSPS) is 34.1. The Kier molecular flexibility index (Phi) is 7.95. The lowest BCUT2D eigenvalue weighted by atomic mass is 9.90. The first-order valence-corrected chi connectivity index (χ1v) is 12.7. The van der Waals surface area contributed by atoms with E-state index in [1.807, 2.05) is 0 Å². The molecule has 14 nitrogen and oxygen atoms in total. The Morgan fingerprint density at radius 3 is 2.22 bits per heavy atom. The van der Waals surface area contributed by atoms with Gasteiger partial charge in [-0.2, -0.15) is 0 Å². The fraction of sp³-hybridized carbons (Fsp3) is 0.444. The van der Waals surface area contributed by atoms with Crippen molar-refractivity contribution in [3.63, 3.8) is 0 Å². The molecule has 2 saturated heterocycles. The minimum atomic E-state index is -1.74. The summed E-state index contributed by atoms with van der Waals surface area (Å²) in [5.41, 5.74) is -0.446. The van der Waals surface area contributed by atoms with Crippen molar-refractivity contribution in [2.75, 3.05) is 6.61 Å². The van der Waals surface area contributed by atoms with Crippen LogP contribution in [0.25, 0.3) is 22.3 Å². The maximum Gasteiger partial charge on any atom is 0.197 e. The van der Waals surface area contributed by atoms with E-state index in [1.165, 1.54) is 31.2 Å². The summed E-state index contributed by atoms with van der Waals surface area (Å²) in [5.74, 6) is -1.36. The predicted octanol–water partition coefficient (Wildman–Crippen LogP) is -1.06. The molecule has 1 aromatic heterocycles. The third-order valence-electron chi connectivity index (χ3n) is 7.38. The van der Waals surface area contributed by atoms with E-state index in [4.69, 9.17) is 18.6 Å². The second kappa shape index (κ2) is 11.2. The van der Waals surface area contributed by atoms with Crippen molar-refractivity contribution in [3.05, 3.63) is 52.2 Å². The van der Waals surface area contributed by atoms with Crippen LogP contribution in [0.4, 0.5) is 0 Å². The Balaban J connectivity index is 1.46. The van der Waals surface area contributed by atoms with Crippen LogP contribution in [0.1, 0.15) is 18.6 Å². The largest absolute Gasteiger partial charge is 0.507 e. The molecule has 2 fully saturated rings. The molecule has 2 aromatic carbocycles. The molecule has 3 aromatic rings. The van der Waals surface area contributed by atoms with E-state index in [0.29, 0.717) is 0 Å². The Morgan fingerprint density at radius 1 is 0.805 bits per heavy atom. The van der Waals surface area contributed by atoms with Crippen molar-refractivity contribution in [1.29, 1.82) is 0 Å². The molecule has 0 amide bonds. The molecule has 2 aliphatic heterocycles. The molecule has 0 unspecified atom stereocenters. The van der Waals surface area contributed by atoms with E-state index in [0.717, 1.165) is 12.1 Å². The number of rotatable bonds is 5. The molecule has 41 heavy (non-hydrogen) atoms. The Bertz CT molecular complexity index is 1470.